The van der Waals surface area contributed by atoms with Gasteiger partial charge in [-0.1, -0.05) is 19.8 Å². The van der Waals surface area contributed by atoms with Gasteiger partial charge in [-0.3, -0.25) is 4.79 Å². The SMILES string of the molecule is CCCCCC(=O)Nc1cc(C)c(C(=O)OCC)s1. The molecule has 0 spiro atoms. The van der Waals surface area contributed by atoms with E-state index in [2.05, 4.69) is 12.2 Å². The molecule has 0 radical (unpaired) electrons. The van der Waals surface area contributed by atoms with Crippen LogP contribution >= 0.6 is 11.3 Å². The minimum absolute atomic E-state index is 0.00473. The molecule has 1 aromatic rings. The van der Waals surface area contributed by atoms with Crippen molar-refractivity contribution in [2.24, 2.45) is 0 Å². The third kappa shape index (κ3) is 5.03. The fourth-order valence-electron chi connectivity index (χ4n) is 1.68. The summed E-state index contributed by atoms with van der Waals surface area (Å²) in [5.74, 6) is -0.318. The second kappa shape index (κ2) is 7.94. The molecule has 106 valence electrons. The van der Waals surface area contributed by atoms with E-state index in [4.69, 9.17) is 4.74 Å². The molecule has 0 aliphatic carbocycles. The Morgan fingerprint density at radius 1 is 1.32 bits per heavy atom. The Morgan fingerprint density at radius 3 is 2.68 bits per heavy atom. The van der Waals surface area contributed by atoms with Gasteiger partial charge in [0.1, 0.15) is 4.88 Å². The number of esters is 1. The maximum absolute atomic E-state index is 11.7. The number of carbonyl (C=O) groups excluding carboxylic acids is 2. The Morgan fingerprint density at radius 2 is 2.05 bits per heavy atom. The van der Waals surface area contributed by atoms with E-state index in [1.54, 1.807) is 6.92 Å². The fourth-order valence-corrected chi connectivity index (χ4v) is 2.66. The molecule has 0 atom stereocenters. The number of carbonyl (C=O) groups is 2. The summed E-state index contributed by atoms with van der Waals surface area (Å²) >= 11 is 1.27. The van der Waals surface area contributed by atoms with Gasteiger partial charge in [0.25, 0.3) is 0 Å². The number of ether oxygens (including phenoxy) is 1. The van der Waals surface area contributed by atoms with Gasteiger partial charge in [-0.05, 0) is 31.9 Å². The molecule has 0 saturated heterocycles. The molecule has 19 heavy (non-hydrogen) atoms. The van der Waals surface area contributed by atoms with Crippen molar-refractivity contribution in [1.29, 1.82) is 0 Å². The van der Waals surface area contributed by atoms with Crippen LogP contribution in [0.3, 0.4) is 0 Å². The normalized spacial score (nSPS) is 10.3. The van der Waals surface area contributed by atoms with E-state index >= 15 is 0 Å². The quantitative estimate of drug-likeness (QED) is 0.612. The number of rotatable bonds is 7. The largest absolute Gasteiger partial charge is 0.462 e. The molecule has 0 fully saturated rings. The molecule has 1 heterocycles. The summed E-state index contributed by atoms with van der Waals surface area (Å²) in [6.07, 6.45) is 3.58. The van der Waals surface area contributed by atoms with Gasteiger partial charge in [-0.2, -0.15) is 0 Å². The third-order valence-corrected chi connectivity index (χ3v) is 3.78. The van der Waals surface area contributed by atoms with E-state index in [-0.39, 0.29) is 11.9 Å². The van der Waals surface area contributed by atoms with Crippen LogP contribution in [0.5, 0.6) is 0 Å². The van der Waals surface area contributed by atoms with Crippen LogP contribution in [0, 0.1) is 6.92 Å². The number of amides is 1. The first-order chi connectivity index (χ1) is 9.08. The lowest BCUT2D eigenvalue weighted by Crippen LogP contribution is -2.09. The van der Waals surface area contributed by atoms with E-state index in [0.717, 1.165) is 24.8 Å². The highest BCUT2D eigenvalue weighted by molar-refractivity contribution is 7.18. The smallest absolute Gasteiger partial charge is 0.348 e. The monoisotopic (exact) mass is 283 g/mol. The lowest BCUT2D eigenvalue weighted by molar-refractivity contribution is -0.116. The van der Waals surface area contributed by atoms with Gasteiger partial charge in [0.05, 0.1) is 11.6 Å². The van der Waals surface area contributed by atoms with Crippen LogP contribution in [0.15, 0.2) is 6.07 Å². The highest BCUT2D eigenvalue weighted by atomic mass is 32.1. The minimum atomic E-state index is -0.323. The number of hydrogen-bond acceptors (Lipinski definition) is 4. The van der Waals surface area contributed by atoms with Gasteiger partial charge in [0, 0.05) is 6.42 Å². The van der Waals surface area contributed by atoms with Gasteiger partial charge in [0.2, 0.25) is 5.91 Å². The van der Waals surface area contributed by atoms with Gasteiger partial charge in [0.15, 0.2) is 0 Å². The maximum Gasteiger partial charge on any atom is 0.348 e. The molecule has 0 bridgehead atoms. The summed E-state index contributed by atoms with van der Waals surface area (Å²) in [6.45, 7) is 6.08. The zero-order valence-corrected chi connectivity index (χ0v) is 12.6. The molecule has 1 amide bonds. The first kappa shape index (κ1) is 15.7. The number of aryl methyl sites for hydroxylation is 1. The zero-order valence-electron chi connectivity index (χ0n) is 11.7. The first-order valence-corrected chi connectivity index (χ1v) is 7.47. The van der Waals surface area contributed by atoms with Crippen molar-refractivity contribution in [3.63, 3.8) is 0 Å². The molecule has 1 N–H and O–H groups in total. The first-order valence-electron chi connectivity index (χ1n) is 6.65. The Labute approximate surface area is 118 Å². The van der Waals surface area contributed by atoms with E-state index in [1.165, 1.54) is 11.3 Å². The van der Waals surface area contributed by atoms with Gasteiger partial charge in [-0.25, -0.2) is 4.79 Å². The molecule has 0 unspecified atom stereocenters. The topological polar surface area (TPSA) is 55.4 Å². The van der Waals surface area contributed by atoms with E-state index < -0.39 is 0 Å². The Hall–Kier alpha value is -1.36. The molecule has 0 aromatic carbocycles. The summed E-state index contributed by atoms with van der Waals surface area (Å²) < 4.78 is 4.97. The predicted molar refractivity (Wildman–Crippen MR) is 77.8 cm³/mol. The van der Waals surface area contributed by atoms with Crippen LogP contribution in [0.2, 0.25) is 0 Å². The number of nitrogens with one attached hydrogen (secondary N) is 1. The molecule has 1 aromatic heterocycles. The maximum atomic E-state index is 11.7. The standard InChI is InChI=1S/C14H21NO3S/c1-4-6-7-8-11(16)15-12-9-10(3)13(19-12)14(17)18-5-2/h9H,4-8H2,1-3H3,(H,15,16). The highest BCUT2D eigenvalue weighted by Crippen LogP contribution is 2.27. The van der Waals surface area contributed by atoms with Crippen molar-refractivity contribution in [1.82, 2.24) is 0 Å². The second-order valence-corrected chi connectivity index (χ2v) is 5.40. The van der Waals surface area contributed by atoms with Crippen LogP contribution in [-0.4, -0.2) is 18.5 Å². The van der Waals surface area contributed by atoms with Gasteiger partial charge < -0.3 is 10.1 Å². The Bertz CT molecular complexity index is 440. The summed E-state index contributed by atoms with van der Waals surface area (Å²) in [4.78, 5) is 23.9. The molecule has 0 aliphatic rings. The van der Waals surface area contributed by atoms with Crippen LogP contribution in [0.4, 0.5) is 5.00 Å². The molecular formula is C14H21NO3S. The molecule has 1 rings (SSSR count). The van der Waals surface area contributed by atoms with Crippen LogP contribution in [-0.2, 0) is 9.53 Å². The van der Waals surface area contributed by atoms with Crippen molar-refractivity contribution >= 4 is 28.2 Å². The molecule has 4 nitrogen and oxygen atoms in total. The van der Waals surface area contributed by atoms with E-state index in [0.29, 0.717) is 22.9 Å². The van der Waals surface area contributed by atoms with Crippen LogP contribution < -0.4 is 5.32 Å². The molecule has 0 aliphatic heterocycles. The van der Waals surface area contributed by atoms with Crippen molar-refractivity contribution in [2.75, 3.05) is 11.9 Å². The summed E-state index contributed by atoms with van der Waals surface area (Å²) in [7, 11) is 0. The molecule has 5 heteroatoms. The van der Waals surface area contributed by atoms with Crippen molar-refractivity contribution in [3.05, 3.63) is 16.5 Å². The highest BCUT2D eigenvalue weighted by Gasteiger charge is 2.15. The average Bonchev–Trinajstić information content (AvgIpc) is 2.71. The lowest BCUT2D eigenvalue weighted by atomic mass is 10.2. The number of unbranched alkanes of at least 4 members (excludes halogenated alkanes) is 2. The van der Waals surface area contributed by atoms with Gasteiger partial charge in [-0.15, -0.1) is 11.3 Å². The van der Waals surface area contributed by atoms with E-state index in [1.807, 2.05) is 13.0 Å². The third-order valence-electron chi connectivity index (χ3n) is 2.65. The van der Waals surface area contributed by atoms with Crippen LogP contribution in [0.25, 0.3) is 0 Å². The van der Waals surface area contributed by atoms with Crippen molar-refractivity contribution in [2.45, 2.75) is 46.5 Å². The number of anilines is 1. The zero-order chi connectivity index (χ0) is 14.3. The molecular weight excluding hydrogens is 262 g/mol. The Kier molecular flexibility index (Phi) is 6.56. The number of thiophene rings is 1. The fraction of sp³-hybridized carbons (Fsp3) is 0.571. The molecule has 0 saturated carbocycles. The van der Waals surface area contributed by atoms with Gasteiger partial charge >= 0.3 is 5.97 Å². The summed E-state index contributed by atoms with van der Waals surface area (Å²) in [5, 5.41) is 3.54. The predicted octanol–water partition coefficient (Wildman–Crippen LogP) is 3.75. The lowest BCUT2D eigenvalue weighted by Gasteiger charge is -2.01. The summed E-state index contributed by atoms with van der Waals surface area (Å²) in [6, 6.07) is 1.81. The number of hydrogen-bond donors (Lipinski definition) is 1. The summed E-state index contributed by atoms with van der Waals surface area (Å²) in [5.41, 5.74) is 0.840. The minimum Gasteiger partial charge on any atom is -0.462 e. The van der Waals surface area contributed by atoms with Crippen molar-refractivity contribution < 1.29 is 14.3 Å². The van der Waals surface area contributed by atoms with Crippen molar-refractivity contribution in [3.8, 4) is 0 Å². The van der Waals surface area contributed by atoms with E-state index in [9.17, 15) is 9.59 Å². The second-order valence-electron chi connectivity index (χ2n) is 4.35. The Balaban J connectivity index is 2.58. The average molecular weight is 283 g/mol. The van der Waals surface area contributed by atoms with Crippen LogP contribution in [0.1, 0.15) is 54.8 Å².